The third kappa shape index (κ3) is 5.79. The quantitative estimate of drug-likeness (QED) is 0.365. The maximum Gasteiger partial charge on any atom is 0.255 e. The summed E-state index contributed by atoms with van der Waals surface area (Å²) in [4.78, 5) is 27.5. The molecular weight excluding hydrogens is 454 g/mol. The summed E-state index contributed by atoms with van der Waals surface area (Å²) in [5, 5.41) is 12.9. The number of nitrogens with zero attached hydrogens (tertiary/aromatic N) is 2. The van der Waals surface area contributed by atoms with Gasteiger partial charge in [-0.1, -0.05) is 42.5 Å². The molecule has 1 aromatic heterocycles. The summed E-state index contributed by atoms with van der Waals surface area (Å²) in [6, 6.07) is 26.4. The normalized spacial score (nSPS) is 13.3. The van der Waals surface area contributed by atoms with Crippen LogP contribution in [0.5, 0.6) is 0 Å². The van der Waals surface area contributed by atoms with Crippen LogP contribution in [-0.2, 0) is 16.0 Å². The number of ether oxygens (including phenoxy) is 1. The standard InChI is InChI=1S/C28H27N5O3/c34-27(17-20-5-2-1-3-6-20)30-26-19-25(31-32-26)21-7-4-8-22(18-21)28(35)29-23-9-11-24(12-10-23)33-13-15-36-16-14-33/h1-12,18-19H,13-17H2,(H,29,35)(H2,30,31,32,34). The molecule has 1 aliphatic rings. The van der Waals surface area contributed by atoms with Gasteiger partial charge in [0.2, 0.25) is 5.91 Å². The molecule has 36 heavy (non-hydrogen) atoms. The Hall–Kier alpha value is -4.43. The van der Waals surface area contributed by atoms with Crippen LogP contribution >= 0.6 is 0 Å². The van der Waals surface area contributed by atoms with Gasteiger partial charge in [0, 0.05) is 41.7 Å². The summed E-state index contributed by atoms with van der Waals surface area (Å²) < 4.78 is 5.40. The van der Waals surface area contributed by atoms with Crippen molar-refractivity contribution in [1.29, 1.82) is 0 Å². The van der Waals surface area contributed by atoms with Crippen LogP contribution in [0.2, 0.25) is 0 Å². The van der Waals surface area contributed by atoms with E-state index in [1.807, 2.05) is 66.7 Å². The summed E-state index contributed by atoms with van der Waals surface area (Å²) >= 11 is 0. The van der Waals surface area contributed by atoms with Gasteiger partial charge in [-0.25, -0.2) is 0 Å². The lowest BCUT2D eigenvalue weighted by Gasteiger charge is -2.28. The Bertz CT molecular complexity index is 1330. The first-order valence-electron chi connectivity index (χ1n) is 11.9. The first-order chi connectivity index (χ1) is 17.6. The van der Waals surface area contributed by atoms with Crippen LogP contribution in [0, 0.1) is 0 Å². The second-order valence-corrected chi connectivity index (χ2v) is 8.56. The fraction of sp³-hybridized carbons (Fsp3) is 0.179. The van der Waals surface area contributed by atoms with Crippen molar-refractivity contribution in [2.45, 2.75) is 6.42 Å². The monoisotopic (exact) mass is 481 g/mol. The largest absolute Gasteiger partial charge is 0.378 e. The smallest absolute Gasteiger partial charge is 0.255 e. The van der Waals surface area contributed by atoms with E-state index >= 15 is 0 Å². The molecular formula is C28H27N5O3. The highest BCUT2D eigenvalue weighted by Gasteiger charge is 2.13. The van der Waals surface area contributed by atoms with Gasteiger partial charge in [-0.15, -0.1) is 0 Å². The summed E-state index contributed by atoms with van der Waals surface area (Å²) in [6.45, 7) is 3.19. The van der Waals surface area contributed by atoms with E-state index in [4.69, 9.17) is 4.74 Å². The molecule has 4 aromatic rings. The molecule has 3 aromatic carbocycles. The molecule has 0 atom stereocenters. The molecule has 8 heteroatoms. The molecule has 1 fully saturated rings. The lowest BCUT2D eigenvalue weighted by atomic mass is 10.1. The molecule has 8 nitrogen and oxygen atoms in total. The Morgan fingerprint density at radius 3 is 2.44 bits per heavy atom. The van der Waals surface area contributed by atoms with Crippen LogP contribution in [-0.4, -0.2) is 48.3 Å². The number of hydrogen-bond donors (Lipinski definition) is 3. The van der Waals surface area contributed by atoms with E-state index in [9.17, 15) is 9.59 Å². The van der Waals surface area contributed by atoms with Gasteiger partial charge in [0.1, 0.15) is 0 Å². The predicted molar refractivity (Wildman–Crippen MR) is 140 cm³/mol. The number of carbonyl (C=O) groups excluding carboxylic acids is 2. The van der Waals surface area contributed by atoms with Gasteiger partial charge in [0.15, 0.2) is 5.82 Å². The zero-order valence-corrected chi connectivity index (χ0v) is 19.7. The van der Waals surface area contributed by atoms with Gasteiger partial charge >= 0.3 is 0 Å². The Labute approximate surface area is 209 Å². The lowest BCUT2D eigenvalue weighted by molar-refractivity contribution is -0.115. The van der Waals surface area contributed by atoms with Crippen molar-refractivity contribution < 1.29 is 14.3 Å². The fourth-order valence-corrected chi connectivity index (χ4v) is 4.11. The van der Waals surface area contributed by atoms with Gasteiger partial charge in [-0.3, -0.25) is 14.7 Å². The van der Waals surface area contributed by atoms with Crippen molar-refractivity contribution in [3.63, 3.8) is 0 Å². The van der Waals surface area contributed by atoms with E-state index in [1.165, 1.54) is 0 Å². The second-order valence-electron chi connectivity index (χ2n) is 8.56. The third-order valence-electron chi connectivity index (χ3n) is 5.99. The topological polar surface area (TPSA) is 99.4 Å². The number of carbonyl (C=O) groups is 2. The van der Waals surface area contributed by atoms with E-state index in [0.717, 1.165) is 48.8 Å². The first-order valence-corrected chi connectivity index (χ1v) is 11.9. The van der Waals surface area contributed by atoms with Crippen LogP contribution in [0.25, 0.3) is 11.3 Å². The highest BCUT2D eigenvalue weighted by atomic mass is 16.5. The van der Waals surface area contributed by atoms with Crippen molar-refractivity contribution in [3.8, 4) is 11.3 Å². The molecule has 2 amide bonds. The number of rotatable bonds is 7. The van der Waals surface area contributed by atoms with Gasteiger partial charge in [-0.05, 0) is 42.0 Å². The summed E-state index contributed by atoms with van der Waals surface area (Å²) in [5.41, 5.74) is 4.79. The number of aromatic amines is 1. The maximum atomic E-state index is 12.9. The van der Waals surface area contributed by atoms with Crippen molar-refractivity contribution in [1.82, 2.24) is 10.2 Å². The minimum absolute atomic E-state index is 0.146. The number of H-pyrrole nitrogens is 1. The molecule has 2 heterocycles. The Balaban J connectivity index is 1.21. The zero-order chi connectivity index (χ0) is 24.7. The lowest BCUT2D eigenvalue weighted by Crippen LogP contribution is -2.36. The number of amides is 2. The molecule has 1 saturated heterocycles. The van der Waals surface area contributed by atoms with Crippen molar-refractivity contribution >= 4 is 29.0 Å². The Morgan fingerprint density at radius 2 is 1.67 bits per heavy atom. The molecule has 0 unspecified atom stereocenters. The number of aromatic nitrogens is 2. The fourth-order valence-electron chi connectivity index (χ4n) is 4.11. The summed E-state index contributed by atoms with van der Waals surface area (Å²) in [6.07, 6.45) is 0.270. The highest BCUT2D eigenvalue weighted by molar-refractivity contribution is 6.05. The van der Waals surface area contributed by atoms with Gasteiger partial charge < -0.3 is 20.3 Å². The second kappa shape index (κ2) is 10.9. The first kappa shape index (κ1) is 23.3. The minimum Gasteiger partial charge on any atom is -0.378 e. The average Bonchev–Trinajstić information content (AvgIpc) is 3.38. The van der Waals surface area contributed by atoms with Crippen molar-refractivity contribution in [3.05, 3.63) is 96.1 Å². The van der Waals surface area contributed by atoms with E-state index in [0.29, 0.717) is 17.1 Å². The molecule has 0 aliphatic carbocycles. The number of morpholine rings is 1. The van der Waals surface area contributed by atoms with Gasteiger partial charge in [0.25, 0.3) is 5.91 Å². The summed E-state index contributed by atoms with van der Waals surface area (Å²) in [7, 11) is 0. The average molecular weight is 482 g/mol. The predicted octanol–water partition coefficient (Wildman–Crippen LogP) is 4.35. The van der Waals surface area contributed by atoms with Crippen LogP contribution in [0.15, 0.2) is 84.9 Å². The number of benzene rings is 3. The third-order valence-corrected chi connectivity index (χ3v) is 5.99. The minimum atomic E-state index is -0.202. The number of hydrogen-bond acceptors (Lipinski definition) is 5. The van der Waals surface area contributed by atoms with E-state index in [1.54, 1.807) is 18.2 Å². The number of anilines is 3. The zero-order valence-electron chi connectivity index (χ0n) is 19.7. The Morgan fingerprint density at radius 1 is 0.889 bits per heavy atom. The SMILES string of the molecule is O=C(Cc1ccccc1)Nc1cc(-c2cccc(C(=O)Nc3ccc(N4CCOCC4)cc3)c2)[nH]n1. The maximum absolute atomic E-state index is 12.9. The molecule has 5 rings (SSSR count). The molecule has 0 radical (unpaired) electrons. The van der Waals surface area contributed by atoms with Gasteiger partial charge in [0.05, 0.1) is 25.3 Å². The Kier molecular flexibility index (Phi) is 7.05. The van der Waals surface area contributed by atoms with Crippen LogP contribution < -0.4 is 15.5 Å². The van der Waals surface area contributed by atoms with Crippen LogP contribution in [0.1, 0.15) is 15.9 Å². The van der Waals surface area contributed by atoms with Gasteiger partial charge in [-0.2, -0.15) is 5.10 Å². The highest BCUT2D eigenvalue weighted by Crippen LogP contribution is 2.23. The van der Waals surface area contributed by atoms with E-state index in [-0.39, 0.29) is 18.2 Å². The van der Waals surface area contributed by atoms with Crippen LogP contribution in [0.3, 0.4) is 0 Å². The van der Waals surface area contributed by atoms with Crippen LogP contribution in [0.4, 0.5) is 17.2 Å². The molecule has 1 aliphatic heterocycles. The number of nitrogens with one attached hydrogen (secondary N) is 3. The van der Waals surface area contributed by atoms with E-state index in [2.05, 4.69) is 25.7 Å². The molecule has 182 valence electrons. The van der Waals surface area contributed by atoms with E-state index < -0.39 is 0 Å². The molecule has 0 saturated carbocycles. The van der Waals surface area contributed by atoms with Crippen molar-refractivity contribution in [2.75, 3.05) is 41.8 Å². The summed E-state index contributed by atoms with van der Waals surface area (Å²) in [5.74, 6) is 0.0834. The molecule has 0 bridgehead atoms. The molecule has 0 spiro atoms. The van der Waals surface area contributed by atoms with Crippen molar-refractivity contribution in [2.24, 2.45) is 0 Å². The molecule has 3 N–H and O–H groups in total.